The van der Waals surface area contributed by atoms with Crippen LogP contribution in [-0.2, 0) is 6.54 Å². The number of nitrogens with zero attached hydrogens (tertiary/aromatic N) is 4. The van der Waals surface area contributed by atoms with E-state index in [0.717, 1.165) is 17.8 Å². The van der Waals surface area contributed by atoms with Gasteiger partial charge in [0.1, 0.15) is 5.15 Å². The van der Waals surface area contributed by atoms with Crippen molar-refractivity contribution in [3.05, 3.63) is 29.3 Å². The van der Waals surface area contributed by atoms with E-state index in [1.54, 1.807) is 6.20 Å². The highest BCUT2D eigenvalue weighted by atomic mass is 35.5. The van der Waals surface area contributed by atoms with Crippen molar-refractivity contribution in [2.75, 3.05) is 0 Å². The van der Waals surface area contributed by atoms with Crippen LogP contribution in [0.25, 0.3) is 11.4 Å². The second kappa shape index (κ2) is 4.11. The summed E-state index contributed by atoms with van der Waals surface area (Å²) in [6.45, 7) is 2.89. The summed E-state index contributed by atoms with van der Waals surface area (Å²) in [5.74, 6) is 1.26. The molecule has 0 aliphatic heterocycles. The normalized spacial score (nSPS) is 15.2. The number of halogens is 1. The van der Waals surface area contributed by atoms with Crippen LogP contribution in [0.1, 0.15) is 31.4 Å². The number of hydrogen-bond donors (Lipinski definition) is 0. The first-order valence-electron chi connectivity index (χ1n) is 5.83. The van der Waals surface area contributed by atoms with Gasteiger partial charge in [0, 0.05) is 24.4 Å². The highest BCUT2D eigenvalue weighted by Gasteiger charge is 2.26. The second-order valence-electron chi connectivity index (χ2n) is 4.30. The van der Waals surface area contributed by atoms with Crippen LogP contribution in [0.5, 0.6) is 0 Å². The molecule has 2 heterocycles. The summed E-state index contributed by atoms with van der Waals surface area (Å²) in [6, 6.07) is 1.87. The molecule has 0 N–H and O–H groups in total. The van der Waals surface area contributed by atoms with Crippen LogP contribution in [0.4, 0.5) is 0 Å². The Hall–Kier alpha value is -1.42. The Morgan fingerprint density at radius 1 is 1.41 bits per heavy atom. The molecule has 88 valence electrons. The quantitative estimate of drug-likeness (QED) is 0.785. The van der Waals surface area contributed by atoms with Gasteiger partial charge in [-0.3, -0.25) is 4.68 Å². The first-order chi connectivity index (χ1) is 8.26. The Morgan fingerprint density at radius 3 is 2.88 bits per heavy atom. The summed E-state index contributed by atoms with van der Waals surface area (Å²) in [5, 5.41) is 4.74. The molecule has 17 heavy (non-hydrogen) atoms. The van der Waals surface area contributed by atoms with Crippen molar-refractivity contribution in [1.29, 1.82) is 0 Å². The van der Waals surface area contributed by atoms with E-state index < -0.39 is 0 Å². The van der Waals surface area contributed by atoms with Gasteiger partial charge in [0.2, 0.25) is 0 Å². The molecule has 0 atom stereocenters. The lowest BCUT2D eigenvalue weighted by atomic mass is 10.2. The van der Waals surface area contributed by atoms with Crippen LogP contribution in [0.15, 0.2) is 18.5 Å². The third-order valence-electron chi connectivity index (χ3n) is 2.93. The Bertz CT molecular complexity index is 545. The summed E-state index contributed by atoms with van der Waals surface area (Å²) in [4.78, 5) is 8.83. The van der Waals surface area contributed by atoms with Crippen LogP contribution in [0.2, 0.25) is 5.15 Å². The molecule has 0 amide bonds. The van der Waals surface area contributed by atoms with Gasteiger partial charge < -0.3 is 0 Å². The molecule has 1 fully saturated rings. The maximum atomic E-state index is 6.03. The van der Waals surface area contributed by atoms with Gasteiger partial charge in [-0.1, -0.05) is 11.6 Å². The largest absolute Gasteiger partial charge is 0.272 e. The van der Waals surface area contributed by atoms with Crippen molar-refractivity contribution in [2.45, 2.75) is 32.2 Å². The highest BCUT2D eigenvalue weighted by Crippen LogP contribution is 2.40. The van der Waals surface area contributed by atoms with Crippen LogP contribution < -0.4 is 0 Å². The fourth-order valence-electron chi connectivity index (χ4n) is 1.80. The predicted molar refractivity (Wildman–Crippen MR) is 65.9 cm³/mol. The molecule has 0 radical (unpaired) electrons. The minimum Gasteiger partial charge on any atom is -0.272 e. The SMILES string of the molecule is CCn1cc(-c2nc(Cl)cc(C3CC3)n2)cn1. The topological polar surface area (TPSA) is 43.6 Å². The number of hydrogen-bond acceptors (Lipinski definition) is 3. The van der Waals surface area contributed by atoms with Crippen molar-refractivity contribution in [3.63, 3.8) is 0 Å². The summed E-state index contributed by atoms with van der Waals surface area (Å²) < 4.78 is 1.86. The zero-order valence-corrected chi connectivity index (χ0v) is 10.4. The van der Waals surface area contributed by atoms with Crippen molar-refractivity contribution < 1.29 is 0 Å². The zero-order valence-electron chi connectivity index (χ0n) is 9.60. The molecule has 0 bridgehead atoms. The number of rotatable bonds is 3. The Morgan fingerprint density at radius 2 is 2.24 bits per heavy atom. The van der Waals surface area contributed by atoms with E-state index in [-0.39, 0.29) is 0 Å². The lowest BCUT2D eigenvalue weighted by Gasteiger charge is -2.01. The lowest BCUT2D eigenvalue weighted by Crippen LogP contribution is -1.95. The number of aryl methyl sites for hydroxylation is 1. The zero-order chi connectivity index (χ0) is 11.8. The maximum absolute atomic E-state index is 6.03. The molecule has 1 aliphatic carbocycles. The summed E-state index contributed by atoms with van der Waals surface area (Å²) in [5.41, 5.74) is 1.99. The van der Waals surface area contributed by atoms with Crippen molar-refractivity contribution in [3.8, 4) is 11.4 Å². The Balaban J connectivity index is 2.01. The predicted octanol–water partition coefficient (Wildman–Crippen LogP) is 2.89. The molecule has 2 aromatic heterocycles. The molecular formula is C12H13ClN4. The van der Waals surface area contributed by atoms with Gasteiger partial charge in [-0.25, -0.2) is 9.97 Å². The first-order valence-corrected chi connectivity index (χ1v) is 6.21. The van der Waals surface area contributed by atoms with Gasteiger partial charge in [-0.05, 0) is 25.8 Å². The van der Waals surface area contributed by atoms with Crippen molar-refractivity contribution >= 4 is 11.6 Å². The summed E-state index contributed by atoms with van der Waals surface area (Å²) >= 11 is 6.03. The third-order valence-corrected chi connectivity index (χ3v) is 3.12. The molecular weight excluding hydrogens is 236 g/mol. The molecule has 5 heteroatoms. The average molecular weight is 249 g/mol. The van der Waals surface area contributed by atoms with E-state index in [9.17, 15) is 0 Å². The molecule has 0 unspecified atom stereocenters. The van der Waals surface area contributed by atoms with Gasteiger partial charge in [0.15, 0.2) is 5.82 Å². The molecule has 0 aromatic carbocycles. The van der Waals surface area contributed by atoms with Gasteiger partial charge in [-0.2, -0.15) is 5.10 Å². The fraction of sp³-hybridized carbons (Fsp3) is 0.417. The minimum atomic E-state index is 0.515. The van der Waals surface area contributed by atoms with E-state index in [1.807, 2.05) is 23.9 Å². The van der Waals surface area contributed by atoms with Crippen molar-refractivity contribution in [1.82, 2.24) is 19.7 Å². The van der Waals surface area contributed by atoms with Gasteiger partial charge in [0.25, 0.3) is 0 Å². The maximum Gasteiger partial charge on any atom is 0.164 e. The molecule has 0 saturated heterocycles. The lowest BCUT2D eigenvalue weighted by molar-refractivity contribution is 0.660. The van der Waals surface area contributed by atoms with Gasteiger partial charge in [0.05, 0.1) is 11.8 Å². The van der Waals surface area contributed by atoms with Gasteiger partial charge >= 0.3 is 0 Å². The first kappa shape index (κ1) is 10.7. The highest BCUT2D eigenvalue weighted by molar-refractivity contribution is 6.29. The van der Waals surface area contributed by atoms with E-state index in [1.165, 1.54) is 12.8 Å². The van der Waals surface area contributed by atoms with Crippen LogP contribution >= 0.6 is 11.6 Å². The third kappa shape index (κ3) is 2.17. The van der Waals surface area contributed by atoms with E-state index >= 15 is 0 Å². The van der Waals surface area contributed by atoms with E-state index in [0.29, 0.717) is 16.9 Å². The standard InChI is InChI=1S/C12H13ClN4/c1-2-17-7-9(6-14-17)12-15-10(8-3-4-8)5-11(13)16-12/h5-8H,2-4H2,1H3. The summed E-state index contributed by atoms with van der Waals surface area (Å²) in [6.07, 6.45) is 6.15. The molecule has 4 nitrogen and oxygen atoms in total. The summed E-state index contributed by atoms with van der Waals surface area (Å²) in [7, 11) is 0. The number of aromatic nitrogens is 4. The average Bonchev–Trinajstić information content (AvgIpc) is 3.06. The minimum absolute atomic E-state index is 0.515. The Kier molecular flexibility index (Phi) is 2.59. The molecule has 2 aromatic rings. The van der Waals surface area contributed by atoms with Crippen LogP contribution in [0.3, 0.4) is 0 Å². The second-order valence-corrected chi connectivity index (χ2v) is 4.69. The van der Waals surface area contributed by atoms with Gasteiger partial charge in [-0.15, -0.1) is 0 Å². The fourth-order valence-corrected chi connectivity index (χ4v) is 2.00. The van der Waals surface area contributed by atoms with Crippen LogP contribution in [0, 0.1) is 0 Å². The Labute approximate surface area is 105 Å². The monoisotopic (exact) mass is 248 g/mol. The molecule has 1 aliphatic rings. The van der Waals surface area contributed by atoms with E-state index in [4.69, 9.17) is 11.6 Å². The molecule has 3 rings (SSSR count). The smallest absolute Gasteiger partial charge is 0.164 e. The van der Waals surface area contributed by atoms with Crippen LogP contribution in [-0.4, -0.2) is 19.7 Å². The molecule has 1 saturated carbocycles. The van der Waals surface area contributed by atoms with E-state index in [2.05, 4.69) is 15.1 Å². The molecule has 0 spiro atoms. The van der Waals surface area contributed by atoms with Crippen molar-refractivity contribution in [2.24, 2.45) is 0 Å².